The van der Waals surface area contributed by atoms with Crippen molar-refractivity contribution in [2.75, 3.05) is 11.5 Å². The molecule has 3 aromatic rings. The molecule has 132 valence electrons. The summed E-state index contributed by atoms with van der Waals surface area (Å²) in [5.41, 5.74) is 5.90. The molecule has 1 atom stereocenters. The van der Waals surface area contributed by atoms with Crippen molar-refractivity contribution in [1.82, 2.24) is 19.7 Å². The van der Waals surface area contributed by atoms with Crippen LogP contribution in [-0.4, -0.2) is 30.6 Å². The van der Waals surface area contributed by atoms with Crippen LogP contribution in [0.4, 0.5) is 5.13 Å². The van der Waals surface area contributed by atoms with Crippen molar-refractivity contribution in [3.05, 3.63) is 57.5 Å². The minimum absolute atomic E-state index is 0.223. The van der Waals surface area contributed by atoms with Crippen LogP contribution in [0.25, 0.3) is 0 Å². The van der Waals surface area contributed by atoms with Crippen LogP contribution < -0.4 is 5.73 Å². The van der Waals surface area contributed by atoms with Gasteiger partial charge in [-0.3, -0.25) is 0 Å². The smallest absolute Gasteiger partial charge is 0.180 e. The molecular formula is C15H15Cl2N5OS2. The summed E-state index contributed by atoms with van der Waals surface area (Å²) in [7, 11) is 0. The Bertz CT molecular complexity index is 842. The summed E-state index contributed by atoms with van der Waals surface area (Å²) in [6.45, 7) is 0.223. The molecule has 25 heavy (non-hydrogen) atoms. The molecule has 0 bridgehead atoms. The molecule has 0 saturated carbocycles. The fraction of sp³-hybridized carbons (Fsp3) is 0.267. The van der Waals surface area contributed by atoms with E-state index in [1.165, 1.54) is 17.7 Å². The summed E-state index contributed by atoms with van der Waals surface area (Å²) in [6.07, 6.45) is 2.98. The number of aromatic nitrogens is 4. The molecule has 0 radical (unpaired) electrons. The Morgan fingerprint density at radius 1 is 1.36 bits per heavy atom. The zero-order chi connectivity index (χ0) is 17.9. The Labute approximate surface area is 163 Å². The van der Waals surface area contributed by atoms with Crippen LogP contribution in [0.1, 0.15) is 11.3 Å². The SMILES string of the molecule is Nc1nc(CSCC(O)(Cn2cncn2)c2ccc(Cl)cc2Cl)cs1. The highest BCUT2D eigenvalue weighted by atomic mass is 35.5. The number of anilines is 1. The lowest BCUT2D eigenvalue weighted by atomic mass is 9.95. The van der Waals surface area contributed by atoms with E-state index >= 15 is 0 Å². The quantitative estimate of drug-likeness (QED) is 0.613. The highest BCUT2D eigenvalue weighted by molar-refractivity contribution is 7.98. The first-order valence-electron chi connectivity index (χ1n) is 7.24. The highest BCUT2D eigenvalue weighted by Gasteiger charge is 2.32. The van der Waals surface area contributed by atoms with Gasteiger partial charge in [0.1, 0.15) is 18.3 Å². The zero-order valence-corrected chi connectivity index (χ0v) is 16.1. The number of rotatable bonds is 7. The fourth-order valence-corrected chi connectivity index (χ4v) is 4.67. The summed E-state index contributed by atoms with van der Waals surface area (Å²) >= 11 is 15.2. The molecule has 0 aliphatic heterocycles. The lowest BCUT2D eigenvalue weighted by Crippen LogP contribution is -2.35. The van der Waals surface area contributed by atoms with Gasteiger partial charge in [0.2, 0.25) is 0 Å². The second-order valence-electron chi connectivity index (χ2n) is 5.42. The Hall–Kier alpha value is -1.32. The predicted octanol–water partition coefficient (Wildman–Crippen LogP) is 3.44. The minimum atomic E-state index is -1.23. The first-order valence-corrected chi connectivity index (χ1v) is 10.0. The molecule has 3 N–H and O–H groups in total. The third-order valence-corrected chi connectivity index (χ3v) is 5.94. The van der Waals surface area contributed by atoms with E-state index in [2.05, 4.69) is 15.1 Å². The molecule has 10 heteroatoms. The van der Waals surface area contributed by atoms with Gasteiger partial charge in [0.05, 0.1) is 12.2 Å². The van der Waals surface area contributed by atoms with E-state index < -0.39 is 5.60 Å². The van der Waals surface area contributed by atoms with Gasteiger partial charge in [-0.1, -0.05) is 29.3 Å². The van der Waals surface area contributed by atoms with Gasteiger partial charge in [-0.25, -0.2) is 14.6 Å². The van der Waals surface area contributed by atoms with E-state index in [-0.39, 0.29) is 6.54 Å². The molecule has 1 aromatic carbocycles. The van der Waals surface area contributed by atoms with Crippen molar-refractivity contribution >= 4 is 51.4 Å². The van der Waals surface area contributed by atoms with Crippen LogP contribution in [0.3, 0.4) is 0 Å². The molecule has 0 fully saturated rings. The molecule has 0 amide bonds. The van der Waals surface area contributed by atoms with Crippen molar-refractivity contribution in [1.29, 1.82) is 0 Å². The van der Waals surface area contributed by atoms with E-state index in [9.17, 15) is 5.11 Å². The number of thiazole rings is 1. The van der Waals surface area contributed by atoms with Gasteiger partial charge in [-0.2, -0.15) is 16.9 Å². The Balaban J connectivity index is 1.80. The summed E-state index contributed by atoms with van der Waals surface area (Å²) in [5.74, 6) is 1.03. The molecule has 6 nitrogen and oxygen atoms in total. The van der Waals surface area contributed by atoms with E-state index in [0.29, 0.717) is 32.2 Å². The van der Waals surface area contributed by atoms with Gasteiger partial charge in [0.25, 0.3) is 0 Å². The van der Waals surface area contributed by atoms with E-state index in [4.69, 9.17) is 28.9 Å². The molecule has 2 heterocycles. The summed E-state index contributed by atoms with van der Waals surface area (Å²) in [6, 6.07) is 5.07. The largest absolute Gasteiger partial charge is 0.382 e. The van der Waals surface area contributed by atoms with Crippen LogP contribution in [0.5, 0.6) is 0 Å². The lowest BCUT2D eigenvalue weighted by Gasteiger charge is -2.29. The number of benzene rings is 1. The molecule has 3 rings (SSSR count). The van der Waals surface area contributed by atoms with Crippen LogP contribution >= 0.6 is 46.3 Å². The standard InChI is InChI=1S/C15H15Cl2N5OS2/c16-10-1-2-12(13(17)3-10)15(23,6-22-9-19-8-20-22)7-24-4-11-5-25-14(18)21-11/h1-3,5,8-9,23H,4,6-7H2,(H2,18,21). The number of nitrogens with two attached hydrogens (primary N) is 1. The number of hydrogen-bond acceptors (Lipinski definition) is 7. The van der Waals surface area contributed by atoms with Gasteiger partial charge in [0.15, 0.2) is 5.13 Å². The summed E-state index contributed by atoms with van der Waals surface area (Å²) < 4.78 is 1.58. The second-order valence-corrected chi connectivity index (χ2v) is 8.14. The van der Waals surface area contributed by atoms with E-state index in [1.54, 1.807) is 41.0 Å². The Kier molecular flexibility index (Phi) is 5.85. The lowest BCUT2D eigenvalue weighted by molar-refractivity contribution is 0.0397. The van der Waals surface area contributed by atoms with Gasteiger partial charge < -0.3 is 10.8 Å². The molecule has 0 aliphatic rings. The Morgan fingerprint density at radius 3 is 2.84 bits per heavy atom. The fourth-order valence-electron chi connectivity index (χ4n) is 2.37. The van der Waals surface area contributed by atoms with Crippen LogP contribution in [-0.2, 0) is 17.9 Å². The monoisotopic (exact) mass is 415 g/mol. The number of hydrogen-bond donors (Lipinski definition) is 2. The maximum atomic E-state index is 11.3. The van der Waals surface area contributed by atoms with Crippen molar-refractivity contribution in [3.63, 3.8) is 0 Å². The number of thioether (sulfide) groups is 1. The van der Waals surface area contributed by atoms with Crippen LogP contribution in [0.2, 0.25) is 10.0 Å². The molecule has 0 aliphatic carbocycles. The minimum Gasteiger partial charge on any atom is -0.382 e. The zero-order valence-electron chi connectivity index (χ0n) is 13.0. The topological polar surface area (TPSA) is 89.8 Å². The maximum absolute atomic E-state index is 11.3. The number of nitrogen functional groups attached to an aromatic ring is 1. The first kappa shape index (κ1) is 18.5. The average Bonchev–Trinajstić information content (AvgIpc) is 3.19. The second kappa shape index (κ2) is 7.92. The normalized spacial score (nSPS) is 13.7. The molecule has 0 spiro atoms. The highest BCUT2D eigenvalue weighted by Crippen LogP contribution is 2.35. The van der Waals surface area contributed by atoms with Crippen molar-refractivity contribution in [2.24, 2.45) is 0 Å². The molecular weight excluding hydrogens is 401 g/mol. The maximum Gasteiger partial charge on any atom is 0.180 e. The molecule has 1 unspecified atom stereocenters. The summed E-state index contributed by atoms with van der Waals surface area (Å²) in [5, 5.41) is 18.8. The van der Waals surface area contributed by atoms with E-state index in [1.807, 2.05) is 5.38 Å². The van der Waals surface area contributed by atoms with Crippen molar-refractivity contribution < 1.29 is 5.11 Å². The van der Waals surface area contributed by atoms with Crippen molar-refractivity contribution in [3.8, 4) is 0 Å². The van der Waals surface area contributed by atoms with Gasteiger partial charge in [-0.05, 0) is 12.1 Å². The van der Waals surface area contributed by atoms with Crippen molar-refractivity contribution in [2.45, 2.75) is 17.9 Å². The predicted molar refractivity (Wildman–Crippen MR) is 103 cm³/mol. The van der Waals surface area contributed by atoms with Gasteiger partial charge in [-0.15, -0.1) is 11.3 Å². The molecule has 2 aromatic heterocycles. The molecule has 0 saturated heterocycles. The first-order chi connectivity index (χ1) is 12.0. The van der Waals surface area contributed by atoms with Crippen LogP contribution in [0.15, 0.2) is 36.2 Å². The number of halogens is 2. The average molecular weight is 416 g/mol. The Morgan fingerprint density at radius 2 is 2.20 bits per heavy atom. The third kappa shape index (κ3) is 4.65. The van der Waals surface area contributed by atoms with Gasteiger partial charge in [0, 0.05) is 32.5 Å². The summed E-state index contributed by atoms with van der Waals surface area (Å²) in [4.78, 5) is 8.16. The number of nitrogens with zero attached hydrogens (tertiary/aromatic N) is 4. The van der Waals surface area contributed by atoms with Gasteiger partial charge >= 0.3 is 0 Å². The third-order valence-electron chi connectivity index (χ3n) is 3.48. The van der Waals surface area contributed by atoms with Crippen LogP contribution in [0, 0.1) is 0 Å². The number of aliphatic hydroxyl groups is 1. The van der Waals surface area contributed by atoms with E-state index in [0.717, 1.165) is 5.69 Å².